The molecule has 0 heterocycles. The fourth-order valence-electron chi connectivity index (χ4n) is 3.86. The minimum absolute atomic E-state index is 0.195. The van der Waals surface area contributed by atoms with Crippen LogP contribution in [0.4, 0.5) is 5.69 Å². The van der Waals surface area contributed by atoms with E-state index in [1.54, 1.807) is 12.1 Å². The molecular formula is C26H37N3O4S. The lowest BCUT2D eigenvalue weighted by atomic mass is 10.1. The first kappa shape index (κ1) is 27.4. The highest BCUT2D eigenvalue weighted by molar-refractivity contribution is 7.92. The Hall–Kier alpha value is -2.87. The van der Waals surface area contributed by atoms with E-state index in [-0.39, 0.29) is 12.5 Å². The van der Waals surface area contributed by atoms with Crippen molar-refractivity contribution in [3.63, 3.8) is 0 Å². The molecule has 0 saturated heterocycles. The van der Waals surface area contributed by atoms with Gasteiger partial charge in [-0.05, 0) is 69.9 Å². The molecule has 34 heavy (non-hydrogen) atoms. The maximum absolute atomic E-state index is 13.7. The Bertz CT molecular complexity index is 1090. The van der Waals surface area contributed by atoms with E-state index in [4.69, 9.17) is 0 Å². The molecule has 0 aliphatic heterocycles. The smallest absolute Gasteiger partial charge is 0.244 e. The van der Waals surface area contributed by atoms with Gasteiger partial charge in [-0.25, -0.2) is 8.42 Å². The molecule has 1 unspecified atom stereocenters. The highest BCUT2D eigenvalue weighted by Gasteiger charge is 2.33. The van der Waals surface area contributed by atoms with E-state index >= 15 is 0 Å². The monoisotopic (exact) mass is 487 g/mol. The van der Waals surface area contributed by atoms with Gasteiger partial charge in [-0.2, -0.15) is 0 Å². The van der Waals surface area contributed by atoms with Gasteiger partial charge < -0.3 is 10.2 Å². The summed E-state index contributed by atoms with van der Waals surface area (Å²) in [6.45, 7) is 11.0. The highest BCUT2D eigenvalue weighted by atomic mass is 32.2. The van der Waals surface area contributed by atoms with Crippen LogP contribution in [0.5, 0.6) is 0 Å². The number of hydrogen-bond acceptors (Lipinski definition) is 4. The summed E-state index contributed by atoms with van der Waals surface area (Å²) in [6, 6.07) is 14.1. The normalized spacial score (nSPS) is 12.7. The zero-order valence-corrected chi connectivity index (χ0v) is 22.1. The summed E-state index contributed by atoms with van der Waals surface area (Å²) in [7, 11) is -3.75. The third-order valence-electron chi connectivity index (χ3n) is 5.25. The maximum atomic E-state index is 13.7. The van der Waals surface area contributed by atoms with Crippen molar-refractivity contribution in [3.8, 4) is 0 Å². The summed E-state index contributed by atoms with van der Waals surface area (Å²) in [6.07, 6.45) is 1.48. The van der Waals surface area contributed by atoms with Crippen LogP contribution in [0.15, 0.2) is 48.5 Å². The molecule has 0 fully saturated rings. The van der Waals surface area contributed by atoms with Gasteiger partial charge in [0.05, 0.1) is 11.9 Å². The van der Waals surface area contributed by atoms with Gasteiger partial charge in [0.15, 0.2) is 0 Å². The molecule has 2 amide bonds. The van der Waals surface area contributed by atoms with Crippen molar-refractivity contribution >= 4 is 27.5 Å². The molecule has 186 valence electrons. The molecule has 0 spiro atoms. The van der Waals surface area contributed by atoms with Gasteiger partial charge in [0.25, 0.3) is 0 Å². The first-order valence-electron chi connectivity index (χ1n) is 11.4. The summed E-state index contributed by atoms with van der Waals surface area (Å²) >= 11 is 0. The Labute approximate surface area is 204 Å². The van der Waals surface area contributed by atoms with E-state index in [0.717, 1.165) is 27.3 Å². The summed E-state index contributed by atoms with van der Waals surface area (Å²) in [5, 5.41) is 2.96. The molecule has 8 heteroatoms. The number of amides is 2. The molecule has 1 atom stereocenters. The quantitative estimate of drug-likeness (QED) is 0.583. The second kappa shape index (κ2) is 11.0. The minimum Gasteiger partial charge on any atom is -0.350 e. The lowest BCUT2D eigenvalue weighted by Gasteiger charge is -2.34. The van der Waals surface area contributed by atoms with Crippen molar-refractivity contribution in [3.05, 3.63) is 65.2 Å². The van der Waals surface area contributed by atoms with Crippen molar-refractivity contribution in [2.45, 2.75) is 66.1 Å². The Balaban J connectivity index is 2.46. The Morgan fingerprint density at radius 3 is 2.03 bits per heavy atom. The standard InChI is InChI=1S/C26H37N3O4S/c1-8-23(25(31)27-26(4,5)6)28(17-21-12-10-9-11-13-21)24(30)18-29(34(7,32)33)22-15-19(2)14-20(3)16-22/h9-16,23H,8,17-18H2,1-7H3,(H,27,31). The molecule has 7 nitrogen and oxygen atoms in total. The van der Waals surface area contributed by atoms with E-state index < -0.39 is 34.1 Å². The molecule has 0 aliphatic carbocycles. The topological polar surface area (TPSA) is 86.8 Å². The first-order valence-corrected chi connectivity index (χ1v) is 13.3. The number of rotatable bonds is 9. The van der Waals surface area contributed by atoms with Crippen LogP contribution in [0, 0.1) is 13.8 Å². The van der Waals surface area contributed by atoms with Crippen LogP contribution in [0.1, 0.15) is 50.8 Å². The fraction of sp³-hybridized carbons (Fsp3) is 0.462. The molecule has 0 aliphatic rings. The molecule has 1 N–H and O–H groups in total. The average Bonchev–Trinajstić information content (AvgIpc) is 2.69. The number of carbonyl (C=O) groups is 2. The van der Waals surface area contributed by atoms with Gasteiger partial charge in [-0.1, -0.05) is 43.3 Å². The number of aryl methyl sites for hydroxylation is 2. The molecule has 2 aromatic carbocycles. The van der Waals surface area contributed by atoms with Crippen molar-refractivity contribution < 1.29 is 18.0 Å². The minimum atomic E-state index is -3.75. The van der Waals surface area contributed by atoms with Gasteiger partial charge in [-0.3, -0.25) is 13.9 Å². The van der Waals surface area contributed by atoms with Crippen molar-refractivity contribution in [2.24, 2.45) is 0 Å². The van der Waals surface area contributed by atoms with E-state index in [9.17, 15) is 18.0 Å². The molecule has 0 saturated carbocycles. The average molecular weight is 488 g/mol. The second-order valence-electron chi connectivity index (χ2n) is 9.79. The number of sulfonamides is 1. The molecular weight excluding hydrogens is 450 g/mol. The number of anilines is 1. The zero-order chi connectivity index (χ0) is 25.7. The summed E-state index contributed by atoms with van der Waals surface area (Å²) < 4.78 is 26.5. The SMILES string of the molecule is CCC(C(=O)NC(C)(C)C)N(Cc1ccccc1)C(=O)CN(c1cc(C)cc(C)c1)S(C)(=O)=O. The van der Waals surface area contributed by atoms with Crippen molar-refractivity contribution in [1.29, 1.82) is 0 Å². The molecule has 0 aromatic heterocycles. The maximum Gasteiger partial charge on any atom is 0.244 e. The largest absolute Gasteiger partial charge is 0.350 e. The third-order valence-corrected chi connectivity index (χ3v) is 6.39. The lowest BCUT2D eigenvalue weighted by molar-refractivity contribution is -0.141. The van der Waals surface area contributed by atoms with E-state index in [0.29, 0.717) is 12.1 Å². The fourth-order valence-corrected chi connectivity index (χ4v) is 4.69. The molecule has 0 bridgehead atoms. The van der Waals surface area contributed by atoms with Crippen LogP contribution >= 0.6 is 0 Å². The predicted octanol–water partition coefficient (Wildman–Crippen LogP) is 3.79. The van der Waals surface area contributed by atoms with E-state index in [1.807, 2.05) is 77.9 Å². The van der Waals surface area contributed by atoms with Crippen molar-refractivity contribution in [1.82, 2.24) is 10.2 Å². The lowest BCUT2D eigenvalue weighted by Crippen LogP contribution is -2.55. The van der Waals surface area contributed by atoms with Gasteiger partial charge in [0.2, 0.25) is 21.8 Å². The van der Waals surface area contributed by atoms with Crippen molar-refractivity contribution in [2.75, 3.05) is 17.1 Å². The molecule has 2 rings (SSSR count). The van der Waals surface area contributed by atoms with Crippen LogP contribution in [0.25, 0.3) is 0 Å². The highest BCUT2D eigenvalue weighted by Crippen LogP contribution is 2.22. The Kier molecular flexibility index (Phi) is 8.89. The van der Waals surface area contributed by atoms with Crippen LogP contribution in [0.3, 0.4) is 0 Å². The Morgan fingerprint density at radius 1 is 1.00 bits per heavy atom. The Morgan fingerprint density at radius 2 is 1.56 bits per heavy atom. The van der Waals surface area contributed by atoms with Gasteiger partial charge in [0.1, 0.15) is 12.6 Å². The predicted molar refractivity (Wildman–Crippen MR) is 137 cm³/mol. The van der Waals surface area contributed by atoms with Gasteiger partial charge >= 0.3 is 0 Å². The number of nitrogens with zero attached hydrogens (tertiary/aromatic N) is 2. The molecule has 0 radical (unpaired) electrons. The van der Waals surface area contributed by atoms with E-state index in [1.165, 1.54) is 4.90 Å². The van der Waals surface area contributed by atoms with Crippen LogP contribution < -0.4 is 9.62 Å². The van der Waals surface area contributed by atoms with Crippen LogP contribution in [0.2, 0.25) is 0 Å². The zero-order valence-electron chi connectivity index (χ0n) is 21.3. The summed E-state index contributed by atoms with van der Waals surface area (Å²) in [5.74, 6) is -0.707. The second-order valence-corrected chi connectivity index (χ2v) is 11.7. The van der Waals surface area contributed by atoms with Gasteiger partial charge in [0, 0.05) is 12.1 Å². The number of benzene rings is 2. The number of hydrogen-bond donors (Lipinski definition) is 1. The summed E-state index contributed by atoms with van der Waals surface area (Å²) in [4.78, 5) is 28.3. The third kappa shape index (κ3) is 7.87. The van der Waals surface area contributed by atoms with Gasteiger partial charge in [-0.15, -0.1) is 0 Å². The molecule has 2 aromatic rings. The van der Waals surface area contributed by atoms with E-state index in [2.05, 4.69) is 5.32 Å². The number of carbonyl (C=O) groups excluding carboxylic acids is 2. The first-order chi connectivity index (χ1) is 15.7. The van der Waals surface area contributed by atoms with Crippen LogP contribution in [-0.2, 0) is 26.2 Å². The van der Waals surface area contributed by atoms with Crippen LogP contribution in [-0.4, -0.2) is 49.5 Å². The number of nitrogens with one attached hydrogen (secondary N) is 1. The summed E-state index contributed by atoms with van der Waals surface area (Å²) in [5.41, 5.74) is 2.61.